The van der Waals surface area contributed by atoms with Gasteiger partial charge in [-0.15, -0.1) is 0 Å². The van der Waals surface area contributed by atoms with Gasteiger partial charge in [0.25, 0.3) is 15.9 Å². The number of nitrogens with one attached hydrogen (secondary N) is 1. The van der Waals surface area contributed by atoms with Gasteiger partial charge in [0.1, 0.15) is 29.1 Å². The smallest absolute Gasteiger partial charge is 0.269 e. The number of halogens is 2. The van der Waals surface area contributed by atoms with E-state index in [4.69, 9.17) is 0 Å². The molecule has 1 N–H and O–H groups in total. The molecule has 3 aromatic carbocycles. The number of carbonyl (C=O) groups excluding carboxylic acids is 3. The molecule has 40 heavy (non-hydrogen) atoms. The Balaban J connectivity index is 1.56. The summed E-state index contributed by atoms with van der Waals surface area (Å²) in [6.45, 7) is -0.930. The number of benzene rings is 3. The van der Waals surface area contributed by atoms with Crippen LogP contribution < -0.4 is 10.2 Å². The van der Waals surface area contributed by atoms with Crippen LogP contribution in [0.4, 0.5) is 14.5 Å². The van der Waals surface area contributed by atoms with E-state index in [9.17, 15) is 31.6 Å². The molecule has 2 aliphatic rings. The molecule has 3 amide bonds. The van der Waals surface area contributed by atoms with Gasteiger partial charge >= 0.3 is 0 Å². The van der Waals surface area contributed by atoms with Crippen LogP contribution in [0.25, 0.3) is 0 Å². The summed E-state index contributed by atoms with van der Waals surface area (Å²) < 4.78 is 55.0. The minimum absolute atomic E-state index is 0.0281. The monoisotopic (exact) mass is 567 g/mol. The maximum Gasteiger partial charge on any atom is 0.269 e. The van der Waals surface area contributed by atoms with Crippen LogP contribution in [0.1, 0.15) is 54.1 Å². The van der Waals surface area contributed by atoms with E-state index >= 15 is 0 Å². The van der Waals surface area contributed by atoms with Gasteiger partial charge in [-0.25, -0.2) is 21.5 Å². The Morgan fingerprint density at radius 2 is 1.62 bits per heavy atom. The lowest BCUT2D eigenvalue weighted by atomic mass is 9.94. The SMILES string of the molecule is O=C(NC1CCCCC1)[C@@H](c1ccc(F)cc1)N(C(=O)CN1C(=O)c2ccccc2S1(=O)=O)c1cccc(F)c1. The fourth-order valence-corrected chi connectivity index (χ4v) is 6.76. The summed E-state index contributed by atoms with van der Waals surface area (Å²) in [5.74, 6) is -3.67. The van der Waals surface area contributed by atoms with Crippen LogP contribution >= 0.6 is 0 Å². The highest BCUT2D eigenvalue weighted by atomic mass is 32.2. The van der Waals surface area contributed by atoms with Crippen molar-refractivity contribution in [3.05, 3.63) is 95.6 Å². The fraction of sp³-hybridized carbons (Fsp3) is 0.276. The predicted octanol–water partition coefficient (Wildman–Crippen LogP) is 4.33. The third-order valence-corrected chi connectivity index (χ3v) is 8.98. The largest absolute Gasteiger partial charge is 0.351 e. The van der Waals surface area contributed by atoms with E-state index in [0.717, 1.165) is 61.3 Å². The lowest BCUT2D eigenvalue weighted by molar-refractivity contribution is -0.127. The Hall–Kier alpha value is -4.12. The number of hydrogen-bond acceptors (Lipinski definition) is 5. The van der Waals surface area contributed by atoms with E-state index < -0.39 is 52.0 Å². The van der Waals surface area contributed by atoms with Crippen molar-refractivity contribution in [1.29, 1.82) is 0 Å². The maximum absolute atomic E-state index is 14.4. The molecule has 1 aliphatic heterocycles. The topological polar surface area (TPSA) is 104 Å². The zero-order valence-electron chi connectivity index (χ0n) is 21.4. The molecule has 1 saturated carbocycles. The Labute approximate surface area is 230 Å². The number of amides is 3. The molecule has 0 spiro atoms. The van der Waals surface area contributed by atoms with Crippen LogP contribution in [0.5, 0.6) is 0 Å². The van der Waals surface area contributed by atoms with E-state index in [2.05, 4.69) is 5.32 Å². The highest BCUT2D eigenvalue weighted by Crippen LogP contribution is 2.33. The zero-order valence-corrected chi connectivity index (χ0v) is 22.2. The molecular weight excluding hydrogens is 540 g/mol. The van der Waals surface area contributed by atoms with Crippen LogP contribution in [0.2, 0.25) is 0 Å². The molecule has 1 fully saturated rings. The van der Waals surface area contributed by atoms with Gasteiger partial charge in [-0.05, 0) is 60.9 Å². The highest BCUT2D eigenvalue weighted by molar-refractivity contribution is 7.90. The molecule has 11 heteroatoms. The third-order valence-electron chi connectivity index (χ3n) is 7.19. The van der Waals surface area contributed by atoms with Gasteiger partial charge in [0.05, 0.1) is 5.56 Å². The minimum Gasteiger partial charge on any atom is -0.351 e. The Morgan fingerprint density at radius 1 is 0.925 bits per heavy atom. The van der Waals surface area contributed by atoms with Crippen molar-refractivity contribution in [3.63, 3.8) is 0 Å². The minimum atomic E-state index is -4.34. The first kappa shape index (κ1) is 27.4. The molecule has 5 rings (SSSR count). The summed E-state index contributed by atoms with van der Waals surface area (Å²) in [6.07, 6.45) is 4.38. The van der Waals surface area contributed by atoms with Crippen molar-refractivity contribution in [2.75, 3.05) is 11.4 Å². The molecule has 1 heterocycles. The molecule has 0 saturated heterocycles. The summed E-state index contributed by atoms with van der Waals surface area (Å²) in [5, 5.41) is 2.97. The van der Waals surface area contributed by atoms with E-state index in [1.807, 2.05) is 0 Å². The quantitative estimate of drug-likeness (QED) is 0.458. The number of rotatable bonds is 7. The second-order valence-electron chi connectivity index (χ2n) is 9.85. The fourth-order valence-electron chi connectivity index (χ4n) is 5.24. The van der Waals surface area contributed by atoms with Crippen molar-refractivity contribution in [2.24, 2.45) is 0 Å². The van der Waals surface area contributed by atoms with Crippen LogP contribution in [0, 0.1) is 11.6 Å². The molecule has 1 atom stereocenters. The average Bonchev–Trinajstić information content (AvgIpc) is 3.13. The number of nitrogens with zero attached hydrogens (tertiary/aromatic N) is 2. The van der Waals surface area contributed by atoms with Gasteiger partial charge in [0.2, 0.25) is 11.8 Å². The maximum atomic E-state index is 14.4. The Bertz CT molecular complexity index is 1560. The van der Waals surface area contributed by atoms with Crippen LogP contribution in [0.3, 0.4) is 0 Å². The summed E-state index contributed by atoms with van der Waals surface area (Å²) in [4.78, 5) is 41.6. The summed E-state index contributed by atoms with van der Waals surface area (Å²) >= 11 is 0. The number of hydrogen-bond donors (Lipinski definition) is 1. The highest BCUT2D eigenvalue weighted by Gasteiger charge is 2.44. The van der Waals surface area contributed by atoms with Gasteiger partial charge in [-0.1, -0.05) is 49.6 Å². The average molecular weight is 568 g/mol. The molecule has 1 aliphatic carbocycles. The first-order valence-corrected chi connectivity index (χ1v) is 14.4. The number of anilines is 1. The van der Waals surface area contributed by atoms with Crippen LogP contribution in [0.15, 0.2) is 77.7 Å². The Morgan fingerprint density at radius 3 is 2.30 bits per heavy atom. The Kier molecular flexibility index (Phi) is 7.66. The molecule has 0 aromatic heterocycles. The zero-order chi connectivity index (χ0) is 28.4. The van der Waals surface area contributed by atoms with Gasteiger partial charge in [0, 0.05) is 11.7 Å². The molecule has 8 nitrogen and oxygen atoms in total. The van der Waals surface area contributed by atoms with Crippen molar-refractivity contribution >= 4 is 33.4 Å². The van der Waals surface area contributed by atoms with Crippen molar-refractivity contribution in [2.45, 2.75) is 49.1 Å². The number of fused-ring (bicyclic) bond motifs is 1. The van der Waals surface area contributed by atoms with E-state index in [-0.39, 0.29) is 27.8 Å². The lowest BCUT2D eigenvalue weighted by Gasteiger charge is -2.34. The standard InChI is InChI=1S/C29H27F2N3O5S/c30-20-15-13-19(14-16-20)27(28(36)32-22-8-2-1-3-9-22)34(23-10-6-7-21(31)17-23)26(35)18-33-29(37)24-11-4-5-12-25(24)40(33,38)39/h4-7,10-17,22,27H,1-3,8-9,18H2,(H,32,36)/t27-/m1/s1. The number of carbonyl (C=O) groups is 3. The molecule has 3 aromatic rings. The first-order valence-electron chi connectivity index (χ1n) is 13.0. The van der Waals surface area contributed by atoms with E-state index in [0.29, 0.717) is 4.31 Å². The molecule has 0 bridgehead atoms. The summed E-state index contributed by atoms with van der Waals surface area (Å²) in [7, 11) is -4.34. The second-order valence-corrected chi connectivity index (χ2v) is 11.7. The number of sulfonamides is 1. The second kappa shape index (κ2) is 11.2. The summed E-state index contributed by atoms with van der Waals surface area (Å²) in [6, 6.07) is 13.9. The van der Waals surface area contributed by atoms with Crippen molar-refractivity contribution < 1.29 is 31.6 Å². The summed E-state index contributed by atoms with van der Waals surface area (Å²) in [5.41, 5.74) is 0.128. The van der Waals surface area contributed by atoms with Crippen molar-refractivity contribution in [3.8, 4) is 0 Å². The molecular formula is C29H27F2N3O5S. The predicted molar refractivity (Wildman–Crippen MR) is 143 cm³/mol. The van der Waals surface area contributed by atoms with Gasteiger partial charge in [-0.2, -0.15) is 0 Å². The van der Waals surface area contributed by atoms with Crippen LogP contribution in [-0.2, 0) is 19.6 Å². The molecule has 0 radical (unpaired) electrons. The molecule has 0 unspecified atom stereocenters. The van der Waals surface area contributed by atoms with E-state index in [1.54, 1.807) is 0 Å². The lowest BCUT2D eigenvalue weighted by Crippen LogP contribution is -2.50. The third kappa shape index (κ3) is 5.33. The van der Waals surface area contributed by atoms with Gasteiger partial charge in [-0.3, -0.25) is 19.3 Å². The normalized spacial score (nSPS) is 17.2. The molecule has 208 valence electrons. The van der Waals surface area contributed by atoms with E-state index in [1.165, 1.54) is 48.5 Å². The first-order chi connectivity index (χ1) is 19.2. The van der Waals surface area contributed by atoms with Crippen LogP contribution in [-0.4, -0.2) is 43.0 Å². The van der Waals surface area contributed by atoms with Gasteiger partial charge in [0.15, 0.2) is 0 Å². The van der Waals surface area contributed by atoms with Crippen molar-refractivity contribution in [1.82, 2.24) is 9.62 Å². The van der Waals surface area contributed by atoms with Gasteiger partial charge < -0.3 is 5.32 Å².